The fraction of sp³-hybridized carbons (Fsp3) is 0.571. The maximum absolute atomic E-state index is 5.75. The molecule has 0 heterocycles. The number of rotatable bonds is 3. The minimum atomic E-state index is 0.377. The van der Waals surface area contributed by atoms with E-state index in [2.05, 4.69) is 19.1 Å². The van der Waals surface area contributed by atoms with Gasteiger partial charge in [-0.05, 0) is 60.9 Å². The van der Waals surface area contributed by atoms with Crippen LogP contribution in [0.3, 0.4) is 0 Å². The highest BCUT2D eigenvalue weighted by molar-refractivity contribution is 5.45. The quantitative estimate of drug-likeness (QED) is 0.848. The highest BCUT2D eigenvalue weighted by Gasteiger charge is 2.16. The van der Waals surface area contributed by atoms with Crippen LogP contribution in [0, 0.1) is 0 Å². The van der Waals surface area contributed by atoms with Gasteiger partial charge >= 0.3 is 0 Å². The van der Waals surface area contributed by atoms with E-state index < -0.39 is 0 Å². The molecule has 2 N–H and O–H groups in total. The van der Waals surface area contributed by atoms with Gasteiger partial charge in [-0.25, -0.2) is 0 Å². The summed E-state index contributed by atoms with van der Waals surface area (Å²) in [5.41, 5.74) is 9.99. The fourth-order valence-corrected chi connectivity index (χ4v) is 2.47. The number of hydrogen-bond donors (Lipinski definition) is 1. The van der Waals surface area contributed by atoms with Crippen LogP contribution in [-0.4, -0.2) is 13.7 Å². The summed E-state index contributed by atoms with van der Waals surface area (Å²) in [5.74, 6) is 1.39. The van der Waals surface area contributed by atoms with Gasteiger partial charge in [0.15, 0.2) is 0 Å². The van der Waals surface area contributed by atoms with E-state index in [-0.39, 0.29) is 0 Å². The van der Waals surface area contributed by atoms with Crippen molar-refractivity contribution in [2.75, 3.05) is 13.7 Å². The summed E-state index contributed by atoms with van der Waals surface area (Å²) in [4.78, 5) is 0. The van der Waals surface area contributed by atoms with Crippen molar-refractivity contribution in [1.29, 1.82) is 0 Å². The van der Waals surface area contributed by atoms with Gasteiger partial charge in [0.25, 0.3) is 0 Å². The molecular weight excluding hydrogens is 198 g/mol. The Kier molecular flexibility index (Phi) is 3.49. The molecule has 1 atom stereocenters. The monoisotopic (exact) mass is 219 g/mol. The predicted molar refractivity (Wildman–Crippen MR) is 67.1 cm³/mol. The van der Waals surface area contributed by atoms with Crippen molar-refractivity contribution >= 4 is 0 Å². The van der Waals surface area contributed by atoms with Crippen molar-refractivity contribution in [3.05, 3.63) is 28.8 Å². The summed E-state index contributed by atoms with van der Waals surface area (Å²) in [6.07, 6.45) is 5.03. The number of fused-ring (bicyclic) bond motifs is 1. The molecular formula is C14H21NO. The highest BCUT2D eigenvalue weighted by Crippen LogP contribution is 2.32. The van der Waals surface area contributed by atoms with E-state index in [0.717, 1.165) is 5.75 Å². The van der Waals surface area contributed by atoms with Crippen LogP contribution < -0.4 is 10.5 Å². The van der Waals surface area contributed by atoms with Gasteiger partial charge in [0.2, 0.25) is 0 Å². The highest BCUT2D eigenvalue weighted by atomic mass is 16.5. The van der Waals surface area contributed by atoms with Gasteiger partial charge in [-0.3, -0.25) is 0 Å². The Balaban J connectivity index is 2.43. The molecule has 0 radical (unpaired) electrons. The second kappa shape index (κ2) is 4.88. The molecule has 1 aromatic rings. The third-order valence-corrected chi connectivity index (χ3v) is 3.58. The van der Waals surface area contributed by atoms with Crippen LogP contribution in [0.25, 0.3) is 0 Å². The molecule has 0 amide bonds. The Morgan fingerprint density at radius 2 is 1.88 bits per heavy atom. The van der Waals surface area contributed by atoms with Crippen LogP contribution in [0.15, 0.2) is 12.1 Å². The average Bonchev–Trinajstić information content (AvgIpc) is 2.36. The lowest BCUT2D eigenvalue weighted by atomic mass is 9.87. The molecule has 1 aliphatic rings. The fourth-order valence-electron chi connectivity index (χ4n) is 2.47. The van der Waals surface area contributed by atoms with Gasteiger partial charge in [0, 0.05) is 0 Å². The first-order valence-electron chi connectivity index (χ1n) is 6.16. The molecule has 1 unspecified atom stereocenters. The lowest BCUT2D eigenvalue weighted by Crippen LogP contribution is -2.12. The van der Waals surface area contributed by atoms with E-state index in [4.69, 9.17) is 10.5 Å². The number of nitrogens with two attached hydrogens (primary N) is 1. The van der Waals surface area contributed by atoms with E-state index in [1.165, 1.54) is 42.4 Å². The third-order valence-electron chi connectivity index (χ3n) is 3.58. The lowest BCUT2D eigenvalue weighted by Gasteiger charge is -2.21. The second-order valence-corrected chi connectivity index (χ2v) is 4.71. The normalized spacial score (nSPS) is 16.7. The summed E-state index contributed by atoms with van der Waals surface area (Å²) in [6.45, 7) is 2.84. The van der Waals surface area contributed by atoms with Crippen LogP contribution in [0.5, 0.6) is 5.75 Å². The van der Waals surface area contributed by atoms with Gasteiger partial charge in [0.05, 0.1) is 7.11 Å². The van der Waals surface area contributed by atoms with Crippen LogP contribution in [-0.2, 0) is 12.8 Å². The molecule has 0 aliphatic heterocycles. The molecule has 0 spiro atoms. The number of aryl methyl sites for hydroxylation is 2. The number of benzene rings is 1. The zero-order valence-corrected chi connectivity index (χ0v) is 10.3. The van der Waals surface area contributed by atoms with Crippen molar-refractivity contribution in [3.63, 3.8) is 0 Å². The standard InChI is InChI=1S/C14H21NO/c1-10(9-15)13-7-11-5-3-4-6-12(11)8-14(13)16-2/h7-8,10H,3-6,9,15H2,1-2H3. The Morgan fingerprint density at radius 3 is 2.44 bits per heavy atom. The molecule has 0 aromatic heterocycles. The number of ether oxygens (including phenoxy) is 1. The zero-order chi connectivity index (χ0) is 11.5. The second-order valence-electron chi connectivity index (χ2n) is 4.71. The Bertz CT molecular complexity index is 373. The van der Waals surface area contributed by atoms with Crippen molar-refractivity contribution in [3.8, 4) is 5.75 Å². The van der Waals surface area contributed by atoms with E-state index in [0.29, 0.717) is 12.5 Å². The summed E-state index contributed by atoms with van der Waals surface area (Å²) in [5, 5.41) is 0. The largest absolute Gasteiger partial charge is 0.496 e. The van der Waals surface area contributed by atoms with Crippen LogP contribution in [0.2, 0.25) is 0 Å². The van der Waals surface area contributed by atoms with Gasteiger partial charge in [-0.2, -0.15) is 0 Å². The molecule has 2 rings (SSSR count). The van der Waals surface area contributed by atoms with Crippen molar-refractivity contribution < 1.29 is 4.74 Å². The van der Waals surface area contributed by atoms with Crippen molar-refractivity contribution in [1.82, 2.24) is 0 Å². The summed E-state index contributed by atoms with van der Waals surface area (Å²) in [7, 11) is 1.75. The first-order valence-corrected chi connectivity index (χ1v) is 6.16. The topological polar surface area (TPSA) is 35.2 Å². The molecule has 0 saturated heterocycles. The van der Waals surface area contributed by atoms with E-state index in [1.54, 1.807) is 7.11 Å². The molecule has 88 valence electrons. The third kappa shape index (κ3) is 2.07. The van der Waals surface area contributed by atoms with Gasteiger partial charge in [-0.15, -0.1) is 0 Å². The maximum Gasteiger partial charge on any atom is 0.122 e. The molecule has 2 nitrogen and oxygen atoms in total. The Morgan fingerprint density at radius 1 is 1.25 bits per heavy atom. The summed E-state index contributed by atoms with van der Waals surface area (Å²) >= 11 is 0. The minimum Gasteiger partial charge on any atom is -0.496 e. The van der Waals surface area contributed by atoms with Gasteiger partial charge < -0.3 is 10.5 Å². The van der Waals surface area contributed by atoms with E-state index in [9.17, 15) is 0 Å². The van der Waals surface area contributed by atoms with Crippen molar-refractivity contribution in [2.45, 2.75) is 38.5 Å². The summed E-state index contributed by atoms with van der Waals surface area (Å²) < 4.78 is 5.48. The van der Waals surface area contributed by atoms with Crippen LogP contribution >= 0.6 is 0 Å². The van der Waals surface area contributed by atoms with Gasteiger partial charge in [-0.1, -0.05) is 13.0 Å². The molecule has 1 aromatic carbocycles. The van der Waals surface area contributed by atoms with Crippen molar-refractivity contribution in [2.24, 2.45) is 5.73 Å². The molecule has 0 fully saturated rings. The van der Waals surface area contributed by atoms with E-state index >= 15 is 0 Å². The zero-order valence-electron chi connectivity index (χ0n) is 10.3. The molecule has 0 saturated carbocycles. The average molecular weight is 219 g/mol. The molecule has 2 heteroatoms. The van der Waals surface area contributed by atoms with Gasteiger partial charge in [0.1, 0.15) is 5.75 Å². The Hall–Kier alpha value is -1.02. The lowest BCUT2D eigenvalue weighted by molar-refractivity contribution is 0.405. The molecule has 0 bridgehead atoms. The summed E-state index contributed by atoms with van der Waals surface area (Å²) in [6, 6.07) is 4.53. The first kappa shape index (κ1) is 11.5. The maximum atomic E-state index is 5.75. The SMILES string of the molecule is COc1cc2c(cc1C(C)CN)CCCC2. The van der Waals surface area contributed by atoms with Crippen LogP contribution in [0.1, 0.15) is 42.4 Å². The predicted octanol–water partition coefficient (Wildman–Crippen LogP) is 2.64. The van der Waals surface area contributed by atoms with Crippen LogP contribution in [0.4, 0.5) is 0 Å². The Labute approximate surface area is 97.8 Å². The number of hydrogen-bond acceptors (Lipinski definition) is 2. The first-order chi connectivity index (χ1) is 7.76. The van der Waals surface area contributed by atoms with E-state index in [1.807, 2.05) is 0 Å². The molecule has 16 heavy (non-hydrogen) atoms. The smallest absolute Gasteiger partial charge is 0.122 e. The molecule has 1 aliphatic carbocycles. The minimum absolute atomic E-state index is 0.377. The number of methoxy groups -OCH3 is 1.